The Morgan fingerprint density at radius 2 is 1.79 bits per heavy atom. The first kappa shape index (κ1) is 16.5. The zero-order chi connectivity index (χ0) is 14.5. The van der Waals surface area contributed by atoms with Crippen molar-refractivity contribution in [3.05, 3.63) is 29.8 Å². The lowest BCUT2D eigenvalue weighted by atomic mass is 10.0. The molecule has 0 radical (unpaired) electrons. The highest BCUT2D eigenvalue weighted by Crippen LogP contribution is 2.14. The zero-order valence-electron chi connectivity index (χ0n) is 11.7. The predicted molar refractivity (Wildman–Crippen MR) is 80.1 cm³/mol. The molecule has 5 heteroatoms. The Bertz CT molecular complexity index is 483. The Kier molecular flexibility index (Phi) is 6.30. The van der Waals surface area contributed by atoms with Crippen molar-refractivity contribution in [1.82, 2.24) is 4.72 Å². The largest absolute Gasteiger partial charge is 0.240 e. The third-order valence-electron chi connectivity index (χ3n) is 3.17. The molecule has 0 aliphatic rings. The second-order valence-corrected chi connectivity index (χ2v) is 7.05. The summed E-state index contributed by atoms with van der Waals surface area (Å²) in [7, 11) is -3.43. The van der Waals surface area contributed by atoms with E-state index in [0.29, 0.717) is 10.8 Å². The number of alkyl halides is 1. The van der Waals surface area contributed by atoms with Crippen LogP contribution in [0.5, 0.6) is 0 Å². The van der Waals surface area contributed by atoms with Crippen molar-refractivity contribution in [3.63, 3.8) is 0 Å². The van der Waals surface area contributed by atoms with Crippen molar-refractivity contribution in [2.45, 2.75) is 44.6 Å². The molecule has 3 nitrogen and oxygen atoms in total. The Morgan fingerprint density at radius 3 is 2.21 bits per heavy atom. The van der Waals surface area contributed by atoms with E-state index in [9.17, 15) is 8.42 Å². The monoisotopic (exact) mass is 303 g/mol. The third kappa shape index (κ3) is 4.79. The minimum absolute atomic E-state index is 0.0347. The van der Waals surface area contributed by atoms with Crippen LogP contribution in [-0.4, -0.2) is 20.3 Å². The van der Waals surface area contributed by atoms with Gasteiger partial charge in [0.05, 0.1) is 4.90 Å². The lowest BCUT2D eigenvalue weighted by molar-refractivity contribution is 0.437. The average molecular weight is 304 g/mol. The molecular formula is C14H22ClNO2S. The minimum atomic E-state index is -3.43. The summed E-state index contributed by atoms with van der Waals surface area (Å²) in [6, 6.07) is 6.86. The standard InChI is InChI=1S/C14H22ClNO2S/c1-4-14(11(2)3)16-19(17,18)13-7-5-12(6-8-13)9-10-15/h5-8,11,14,16H,4,9-10H2,1-3H3. The summed E-state index contributed by atoms with van der Waals surface area (Å²) >= 11 is 5.66. The molecular weight excluding hydrogens is 282 g/mol. The fourth-order valence-corrected chi connectivity index (χ4v) is 3.59. The first-order valence-electron chi connectivity index (χ1n) is 6.58. The summed E-state index contributed by atoms with van der Waals surface area (Å²) in [5, 5.41) is 0. The van der Waals surface area contributed by atoms with Crippen LogP contribution in [0.15, 0.2) is 29.2 Å². The number of hydrogen-bond donors (Lipinski definition) is 1. The highest BCUT2D eigenvalue weighted by atomic mass is 35.5. The van der Waals surface area contributed by atoms with E-state index in [4.69, 9.17) is 11.6 Å². The van der Waals surface area contributed by atoms with Crippen molar-refractivity contribution < 1.29 is 8.42 Å². The molecule has 108 valence electrons. The lowest BCUT2D eigenvalue weighted by Gasteiger charge is -2.20. The molecule has 1 aromatic carbocycles. The van der Waals surface area contributed by atoms with Crippen LogP contribution < -0.4 is 4.72 Å². The number of rotatable bonds is 7. The van der Waals surface area contributed by atoms with Crippen LogP contribution in [-0.2, 0) is 16.4 Å². The Hall–Kier alpha value is -0.580. The maximum Gasteiger partial charge on any atom is 0.240 e. The first-order valence-corrected chi connectivity index (χ1v) is 8.59. The molecule has 0 saturated carbocycles. The van der Waals surface area contributed by atoms with E-state index in [1.165, 1.54) is 0 Å². The van der Waals surface area contributed by atoms with Gasteiger partial charge in [-0.25, -0.2) is 13.1 Å². The van der Waals surface area contributed by atoms with E-state index in [-0.39, 0.29) is 12.0 Å². The molecule has 0 aliphatic heterocycles. The molecule has 1 N–H and O–H groups in total. The first-order chi connectivity index (χ1) is 8.90. The van der Waals surface area contributed by atoms with Crippen molar-refractivity contribution in [1.29, 1.82) is 0 Å². The molecule has 0 aliphatic carbocycles. The van der Waals surface area contributed by atoms with Crippen molar-refractivity contribution in [2.24, 2.45) is 5.92 Å². The molecule has 0 amide bonds. The highest BCUT2D eigenvalue weighted by molar-refractivity contribution is 7.89. The fourth-order valence-electron chi connectivity index (χ4n) is 1.90. The van der Waals surface area contributed by atoms with Crippen LogP contribution in [0.25, 0.3) is 0 Å². The summed E-state index contributed by atoms with van der Waals surface area (Å²) in [5.74, 6) is 0.811. The molecule has 0 heterocycles. The van der Waals surface area contributed by atoms with Crippen molar-refractivity contribution in [3.8, 4) is 0 Å². The SMILES string of the molecule is CCC(NS(=O)(=O)c1ccc(CCCl)cc1)C(C)C. The zero-order valence-corrected chi connectivity index (χ0v) is 13.3. The summed E-state index contributed by atoms with van der Waals surface area (Å²) in [6.45, 7) is 6.01. The molecule has 0 fully saturated rings. The van der Waals surface area contributed by atoms with Crippen LogP contribution in [0.2, 0.25) is 0 Å². The molecule has 1 aromatic rings. The summed E-state index contributed by atoms with van der Waals surface area (Å²) < 4.78 is 27.2. The van der Waals surface area contributed by atoms with Crippen LogP contribution >= 0.6 is 11.6 Å². The van der Waals surface area contributed by atoms with Gasteiger partial charge < -0.3 is 0 Å². The van der Waals surface area contributed by atoms with Gasteiger partial charge >= 0.3 is 0 Å². The predicted octanol–water partition coefficient (Wildman–Crippen LogP) is 3.18. The topological polar surface area (TPSA) is 46.2 Å². The van der Waals surface area contributed by atoms with Gasteiger partial charge in [0, 0.05) is 11.9 Å². The maximum atomic E-state index is 12.2. The molecule has 0 bridgehead atoms. The van der Waals surface area contributed by atoms with Crippen molar-refractivity contribution >= 4 is 21.6 Å². The second kappa shape index (κ2) is 7.27. The number of hydrogen-bond acceptors (Lipinski definition) is 2. The fraction of sp³-hybridized carbons (Fsp3) is 0.571. The highest BCUT2D eigenvalue weighted by Gasteiger charge is 2.20. The Morgan fingerprint density at radius 1 is 1.21 bits per heavy atom. The van der Waals surface area contributed by atoms with Gasteiger partial charge in [0.1, 0.15) is 0 Å². The van der Waals surface area contributed by atoms with Gasteiger partial charge in [-0.3, -0.25) is 0 Å². The maximum absolute atomic E-state index is 12.2. The van der Waals surface area contributed by atoms with E-state index in [2.05, 4.69) is 4.72 Å². The van der Waals surface area contributed by atoms with Crippen LogP contribution in [0.3, 0.4) is 0 Å². The molecule has 1 unspecified atom stereocenters. The third-order valence-corrected chi connectivity index (χ3v) is 4.86. The number of benzene rings is 1. The van der Waals surface area contributed by atoms with Gasteiger partial charge in [0.15, 0.2) is 0 Å². The average Bonchev–Trinajstić information content (AvgIpc) is 2.37. The Balaban J connectivity index is 2.87. The number of halogens is 1. The molecule has 1 rings (SSSR count). The Labute approximate surface area is 121 Å². The number of aryl methyl sites for hydroxylation is 1. The smallest absolute Gasteiger partial charge is 0.208 e. The number of sulfonamides is 1. The second-order valence-electron chi connectivity index (χ2n) is 4.96. The van der Waals surface area contributed by atoms with Crippen molar-refractivity contribution in [2.75, 3.05) is 5.88 Å². The number of nitrogens with one attached hydrogen (secondary N) is 1. The van der Waals surface area contributed by atoms with Crippen LogP contribution in [0.1, 0.15) is 32.8 Å². The van der Waals surface area contributed by atoms with Crippen LogP contribution in [0, 0.1) is 5.92 Å². The quantitative estimate of drug-likeness (QED) is 0.786. The van der Waals surface area contributed by atoms with Gasteiger partial charge in [-0.2, -0.15) is 0 Å². The molecule has 19 heavy (non-hydrogen) atoms. The minimum Gasteiger partial charge on any atom is -0.208 e. The molecule has 0 spiro atoms. The van der Waals surface area contributed by atoms with Gasteiger partial charge in [-0.15, -0.1) is 11.6 Å². The normalized spacial score (nSPS) is 13.7. The van der Waals surface area contributed by atoms with E-state index in [1.54, 1.807) is 12.1 Å². The van der Waals surface area contributed by atoms with Crippen LogP contribution in [0.4, 0.5) is 0 Å². The summed E-state index contributed by atoms with van der Waals surface area (Å²) in [5.41, 5.74) is 1.05. The van der Waals surface area contributed by atoms with E-state index < -0.39 is 10.0 Å². The molecule has 1 atom stereocenters. The summed E-state index contributed by atoms with van der Waals surface area (Å²) in [4.78, 5) is 0.310. The van der Waals surface area contributed by atoms with E-state index in [0.717, 1.165) is 18.4 Å². The van der Waals surface area contributed by atoms with Gasteiger partial charge in [0.2, 0.25) is 10.0 Å². The molecule has 0 saturated heterocycles. The van der Waals surface area contributed by atoms with Gasteiger partial charge in [-0.05, 0) is 36.5 Å². The lowest BCUT2D eigenvalue weighted by Crippen LogP contribution is -2.37. The summed E-state index contributed by atoms with van der Waals surface area (Å²) in [6.07, 6.45) is 1.53. The van der Waals surface area contributed by atoms with E-state index in [1.807, 2.05) is 32.9 Å². The van der Waals surface area contributed by atoms with E-state index >= 15 is 0 Å². The molecule has 0 aromatic heterocycles. The van der Waals surface area contributed by atoms with Gasteiger partial charge in [-0.1, -0.05) is 32.9 Å². The van der Waals surface area contributed by atoms with Gasteiger partial charge in [0.25, 0.3) is 0 Å².